The first-order valence-electron chi connectivity index (χ1n) is 9.36. The van der Waals surface area contributed by atoms with Crippen molar-refractivity contribution in [1.29, 1.82) is 0 Å². The zero-order valence-electron chi connectivity index (χ0n) is 16.3. The van der Waals surface area contributed by atoms with Crippen molar-refractivity contribution in [2.24, 2.45) is 0 Å². The van der Waals surface area contributed by atoms with E-state index in [4.69, 9.17) is 4.74 Å². The molecule has 0 unspecified atom stereocenters. The maximum Gasteiger partial charge on any atom is 0.241 e. The summed E-state index contributed by atoms with van der Waals surface area (Å²) in [5.41, 5.74) is 4.95. The van der Waals surface area contributed by atoms with Gasteiger partial charge in [0.15, 0.2) is 0 Å². The molecule has 6 heteroatoms. The van der Waals surface area contributed by atoms with Crippen LogP contribution in [0.1, 0.15) is 22.3 Å². The summed E-state index contributed by atoms with van der Waals surface area (Å²) in [4.78, 5) is 2.70. The highest BCUT2D eigenvalue weighted by atomic mass is 32.2. The van der Waals surface area contributed by atoms with Crippen LogP contribution in [0.4, 0.5) is 5.69 Å². The van der Waals surface area contributed by atoms with Crippen LogP contribution in [0.3, 0.4) is 0 Å². The van der Waals surface area contributed by atoms with Crippen molar-refractivity contribution < 1.29 is 13.2 Å². The lowest BCUT2D eigenvalue weighted by atomic mass is 10.1. The molecule has 3 rings (SSSR count). The third-order valence-electron chi connectivity index (χ3n) is 4.89. The van der Waals surface area contributed by atoms with Crippen LogP contribution in [0.2, 0.25) is 0 Å². The van der Waals surface area contributed by atoms with Gasteiger partial charge in [-0.2, -0.15) is 0 Å². The van der Waals surface area contributed by atoms with Gasteiger partial charge in [-0.3, -0.25) is 0 Å². The molecule has 0 aromatic heterocycles. The van der Waals surface area contributed by atoms with Gasteiger partial charge in [0.2, 0.25) is 10.0 Å². The second-order valence-electron chi connectivity index (χ2n) is 7.14. The van der Waals surface area contributed by atoms with Gasteiger partial charge in [-0.05, 0) is 56.0 Å². The summed E-state index contributed by atoms with van der Waals surface area (Å²) >= 11 is 0. The van der Waals surface area contributed by atoms with Crippen LogP contribution in [0.5, 0.6) is 0 Å². The molecule has 0 radical (unpaired) electrons. The zero-order valence-corrected chi connectivity index (χ0v) is 17.1. The number of nitrogens with zero attached hydrogens (tertiary/aromatic N) is 1. The van der Waals surface area contributed by atoms with Crippen molar-refractivity contribution in [2.45, 2.75) is 32.1 Å². The molecule has 1 aliphatic rings. The first-order chi connectivity index (χ1) is 12.9. The highest BCUT2D eigenvalue weighted by Gasteiger charge is 2.19. The van der Waals surface area contributed by atoms with Gasteiger partial charge < -0.3 is 9.64 Å². The molecule has 0 saturated carbocycles. The van der Waals surface area contributed by atoms with Crippen molar-refractivity contribution in [2.75, 3.05) is 37.7 Å². The lowest BCUT2D eigenvalue weighted by Crippen LogP contribution is -2.36. The normalized spacial score (nSPS) is 15.1. The number of hydrogen-bond donors (Lipinski definition) is 1. The fraction of sp³-hybridized carbons (Fsp3) is 0.429. The topological polar surface area (TPSA) is 58.6 Å². The largest absolute Gasteiger partial charge is 0.378 e. The third kappa shape index (κ3) is 4.89. The van der Waals surface area contributed by atoms with E-state index in [0.717, 1.165) is 48.6 Å². The third-order valence-corrected chi connectivity index (χ3v) is 6.66. The molecule has 146 valence electrons. The van der Waals surface area contributed by atoms with E-state index in [1.54, 1.807) is 0 Å². The Morgan fingerprint density at radius 1 is 1.00 bits per heavy atom. The molecule has 0 spiro atoms. The summed E-state index contributed by atoms with van der Waals surface area (Å²) in [6.07, 6.45) is 0.659. The lowest BCUT2D eigenvalue weighted by Gasteiger charge is -2.28. The van der Waals surface area contributed by atoms with Gasteiger partial charge in [0, 0.05) is 25.3 Å². The van der Waals surface area contributed by atoms with Crippen LogP contribution in [0.25, 0.3) is 0 Å². The van der Waals surface area contributed by atoms with E-state index in [0.29, 0.717) is 17.9 Å². The molecule has 0 amide bonds. The first kappa shape index (κ1) is 19.9. The lowest BCUT2D eigenvalue weighted by molar-refractivity contribution is 0.122. The molecule has 1 heterocycles. The molecule has 1 N–H and O–H groups in total. The second-order valence-corrected chi connectivity index (χ2v) is 8.85. The number of rotatable bonds is 6. The Bertz CT molecular complexity index is 863. The van der Waals surface area contributed by atoms with E-state index in [9.17, 15) is 8.42 Å². The van der Waals surface area contributed by atoms with Crippen LogP contribution in [-0.4, -0.2) is 41.3 Å². The minimum Gasteiger partial charge on any atom is -0.378 e. The van der Waals surface area contributed by atoms with E-state index in [2.05, 4.69) is 33.9 Å². The maximum absolute atomic E-state index is 12.7. The summed E-state index contributed by atoms with van der Waals surface area (Å²) in [6, 6.07) is 12.2. The molecular formula is C21H28N2O3S. The average Bonchev–Trinajstić information content (AvgIpc) is 2.62. The Morgan fingerprint density at radius 2 is 1.59 bits per heavy atom. The van der Waals surface area contributed by atoms with E-state index < -0.39 is 10.0 Å². The van der Waals surface area contributed by atoms with Crippen LogP contribution in [-0.2, 0) is 21.2 Å². The van der Waals surface area contributed by atoms with Gasteiger partial charge in [0.05, 0.1) is 18.1 Å². The van der Waals surface area contributed by atoms with Crippen LogP contribution in [0, 0.1) is 20.8 Å². The Morgan fingerprint density at radius 3 is 2.19 bits per heavy atom. The van der Waals surface area contributed by atoms with Crippen molar-refractivity contribution in [3.8, 4) is 0 Å². The van der Waals surface area contributed by atoms with Crippen molar-refractivity contribution in [1.82, 2.24) is 4.72 Å². The highest BCUT2D eigenvalue weighted by molar-refractivity contribution is 7.89. The van der Waals surface area contributed by atoms with Crippen molar-refractivity contribution >= 4 is 15.7 Å². The highest BCUT2D eigenvalue weighted by Crippen LogP contribution is 2.22. The maximum atomic E-state index is 12.7. The van der Waals surface area contributed by atoms with Gasteiger partial charge in [0.1, 0.15) is 0 Å². The number of anilines is 1. The quantitative estimate of drug-likeness (QED) is 0.827. The van der Waals surface area contributed by atoms with E-state index in [-0.39, 0.29) is 0 Å². The summed E-state index contributed by atoms with van der Waals surface area (Å²) < 4.78 is 33.5. The van der Waals surface area contributed by atoms with Gasteiger partial charge in [-0.1, -0.05) is 29.8 Å². The molecule has 5 nitrogen and oxygen atoms in total. The molecule has 0 aliphatic carbocycles. The standard InChI is InChI=1S/C21H28N2O3S/c1-16-14-17(2)21(18(3)15-16)27(24,25)22-9-8-19-4-6-20(7-5-19)23-10-12-26-13-11-23/h4-7,14-15,22H,8-13H2,1-3H3. The van der Waals surface area contributed by atoms with Gasteiger partial charge in [-0.15, -0.1) is 0 Å². The van der Waals surface area contributed by atoms with E-state index in [1.807, 2.05) is 32.9 Å². The smallest absolute Gasteiger partial charge is 0.241 e. The number of hydrogen-bond acceptors (Lipinski definition) is 4. The van der Waals surface area contributed by atoms with E-state index in [1.165, 1.54) is 5.69 Å². The Labute approximate surface area is 162 Å². The summed E-state index contributed by atoms with van der Waals surface area (Å²) in [7, 11) is -3.51. The fourth-order valence-corrected chi connectivity index (χ4v) is 5.17. The monoisotopic (exact) mass is 388 g/mol. The average molecular weight is 389 g/mol. The molecule has 0 atom stereocenters. The molecule has 2 aromatic rings. The molecular weight excluding hydrogens is 360 g/mol. The molecule has 27 heavy (non-hydrogen) atoms. The minimum atomic E-state index is -3.51. The first-order valence-corrected chi connectivity index (χ1v) is 10.8. The Kier molecular flexibility index (Phi) is 6.19. The second kappa shape index (κ2) is 8.42. The van der Waals surface area contributed by atoms with E-state index >= 15 is 0 Å². The number of sulfonamides is 1. The number of ether oxygens (including phenoxy) is 1. The van der Waals surface area contributed by atoms with Crippen molar-refractivity contribution in [3.05, 3.63) is 58.7 Å². The van der Waals surface area contributed by atoms with Crippen LogP contribution in [0.15, 0.2) is 41.3 Å². The molecule has 2 aromatic carbocycles. The molecule has 1 saturated heterocycles. The van der Waals surface area contributed by atoms with Gasteiger partial charge in [0.25, 0.3) is 0 Å². The summed E-state index contributed by atoms with van der Waals surface area (Å²) in [5, 5.41) is 0. The fourth-order valence-electron chi connectivity index (χ4n) is 3.69. The summed E-state index contributed by atoms with van der Waals surface area (Å²) in [6.45, 7) is 9.40. The predicted molar refractivity (Wildman–Crippen MR) is 109 cm³/mol. The predicted octanol–water partition coefficient (Wildman–Crippen LogP) is 2.97. The van der Waals surface area contributed by atoms with Gasteiger partial charge in [-0.25, -0.2) is 13.1 Å². The molecule has 0 bridgehead atoms. The number of nitrogens with one attached hydrogen (secondary N) is 1. The van der Waals surface area contributed by atoms with Crippen LogP contribution < -0.4 is 9.62 Å². The SMILES string of the molecule is Cc1cc(C)c(S(=O)(=O)NCCc2ccc(N3CCOCC3)cc2)c(C)c1. The minimum absolute atomic E-state index is 0.381. The number of morpholine rings is 1. The molecule has 1 aliphatic heterocycles. The number of benzene rings is 2. The Balaban J connectivity index is 1.60. The Hall–Kier alpha value is -1.89. The molecule has 1 fully saturated rings. The number of aryl methyl sites for hydroxylation is 3. The summed E-state index contributed by atoms with van der Waals surface area (Å²) in [5.74, 6) is 0. The zero-order chi connectivity index (χ0) is 19.4. The van der Waals surface area contributed by atoms with Crippen molar-refractivity contribution in [3.63, 3.8) is 0 Å². The van der Waals surface area contributed by atoms with Gasteiger partial charge >= 0.3 is 0 Å². The van der Waals surface area contributed by atoms with Crippen LogP contribution >= 0.6 is 0 Å².